The van der Waals surface area contributed by atoms with Crippen molar-refractivity contribution in [2.45, 2.75) is 4.90 Å². The quantitative estimate of drug-likeness (QED) is 0.475. The predicted octanol–water partition coefficient (Wildman–Crippen LogP) is 3.07. The van der Waals surface area contributed by atoms with Gasteiger partial charge in [-0.3, -0.25) is 14.3 Å². The van der Waals surface area contributed by atoms with E-state index < -0.39 is 21.7 Å². The number of carbonyl (C=O) groups excluding carboxylic acids is 2. The second-order valence-corrected chi connectivity index (χ2v) is 8.68. The van der Waals surface area contributed by atoms with Gasteiger partial charge in [-0.25, -0.2) is 12.8 Å². The molecule has 11 heteroatoms. The number of rotatable bonds is 8. The van der Waals surface area contributed by atoms with Crippen molar-refractivity contribution in [3.63, 3.8) is 0 Å². The van der Waals surface area contributed by atoms with E-state index in [-0.39, 0.29) is 34.5 Å². The summed E-state index contributed by atoms with van der Waals surface area (Å²) in [5, 5.41) is 8.49. The van der Waals surface area contributed by atoms with Crippen LogP contribution in [-0.4, -0.2) is 33.9 Å². The van der Waals surface area contributed by atoms with Gasteiger partial charge in [-0.15, -0.1) is 0 Å². The number of benzene rings is 2. The van der Waals surface area contributed by atoms with Crippen LogP contribution in [0.25, 0.3) is 0 Å². The maximum atomic E-state index is 13.1. The number of amides is 2. The Morgan fingerprint density at radius 1 is 1.10 bits per heavy atom. The van der Waals surface area contributed by atoms with E-state index in [9.17, 15) is 22.4 Å². The van der Waals surface area contributed by atoms with Gasteiger partial charge in [0.2, 0.25) is 5.91 Å². The lowest BCUT2D eigenvalue weighted by Crippen LogP contribution is -2.32. The first kappa shape index (κ1) is 22.2. The summed E-state index contributed by atoms with van der Waals surface area (Å²) >= 11 is 1.37. The molecule has 2 amide bonds. The Morgan fingerprint density at radius 2 is 1.84 bits per heavy atom. The normalized spacial score (nSPS) is 10.9. The summed E-state index contributed by atoms with van der Waals surface area (Å²) in [5.41, 5.74) is 0.819. The van der Waals surface area contributed by atoms with Crippen molar-refractivity contribution in [1.82, 2.24) is 5.32 Å². The topological polar surface area (TPSA) is 114 Å². The van der Waals surface area contributed by atoms with Crippen LogP contribution in [0, 0.1) is 5.82 Å². The average molecular weight is 464 g/mol. The standard InChI is InChI=1S/C20H18FN3O5S2/c1-29-18-7-4-15(23-19(25)11-22-20(26)13-8-9-30-12-13)10-17(18)24-31(27,28)16-5-2-14(21)3-6-16/h2-10,12,24H,11H2,1H3,(H,22,26)(H,23,25). The van der Waals surface area contributed by atoms with Gasteiger partial charge in [-0.2, -0.15) is 11.3 Å². The van der Waals surface area contributed by atoms with Gasteiger partial charge in [0.05, 0.1) is 24.2 Å². The fourth-order valence-electron chi connectivity index (χ4n) is 2.54. The number of halogens is 1. The van der Waals surface area contributed by atoms with E-state index in [0.717, 1.165) is 24.3 Å². The van der Waals surface area contributed by atoms with Crippen molar-refractivity contribution in [2.24, 2.45) is 0 Å². The van der Waals surface area contributed by atoms with Crippen molar-refractivity contribution in [3.8, 4) is 5.75 Å². The van der Waals surface area contributed by atoms with E-state index in [0.29, 0.717) is 5.56 Å². The summed E-state index contributed by atoms with van der Waals surface area (Å²) in [6.07, 6.45) is 0. The minimum atomic E-state index is -4.02. The maximum Gasteiger partial charge on any atom is 0.262 e. The summed E-state index contributed by atoms with van der Waals surface area (Å²) in [7, 11) is -2.66. The minimum Gasteiger partial charge on any atom is -0.495 e. The summed E-state index contributed by atoms with van der Waals surface area (Å²) in [5.74, 6) is -1.22. The van der Waals surface area contributed by atoms with Crippen LogP contribution in [0.4, 0.5) is 15.8 Å². The lowest BCUT2D eigenvalue weighted by Gasteiger charge is -2.14. The van der Waals surface area contributed by atoms with Gasteiger partial charge in [-0.05, 0) is 53.9 Å². The van der Waals surface area contributed by atoms with Crippen molar-refractivity contribution < 1.29 is 27.1 Å². The molecule has 3 N–H and O–H groups in total. The molecule has 8 nitrogen and oxygen atoms in total. The number of thiophene rings is 1. The molecule has 0 bridgehead atoms. The number of hydrogen-bond donors (Lipinski definition) is 3. The lowest BCUT2D eigenvalue weighted by atomic mass is 10.2. The van der Waals surface area contributed by atoms with Crippen LogP contribution in [-0.2, 0) is 14.8 Å². The summed E-state index contributed by atoms with van der Waals surface area (Å²) < 4.78 is 45.8. The highest BCUT2D eigenvalue weighted by atomic mass is 32.2. The Kier molecular flexibility index (Phi) is 6.88. The molecule has 162 valence electrons. The largest absolute Gasteiger partial charge is 0.495 e. The number of nitrogens with one attached hydrogen (secondary N) is 3. The number of methoxy groups -OCH3 is 1. The van der Waals surface area contributed by atoms with Gasteiger partial charge in [0.25, 0.3) is 15.9 Å². The zero-order chi connectivity index (χ0) is 22.4. The van der Waals surface area contributed by atoms with Gasteiger partial charge in [0, 0.05) is 16.6 Å². The molecule has 3 rings (SSSR count). The third-order valence-corrected chi connectivity index (χ3v) is 6.11. The Balaban J connectivity index is 1.70. The maximum absolute atomic E-state index is 13.1. The lowest BCUT2D eigenvalue weighted by molar-refractivity contribution is -0.115. The molecule has 1 aromatic heterocycles. The third kappa shape index (κ3) is 5.80. The highest BCUT2D eigenvalue weighted by molar-refractivity contribution is 7.92. The van der Waals surface area contributed by atoms with Gasteiger partial charge in [0.1, 0.15) is 11.6 Å². The van der Waals surface area contributed by atoms with Crippen LogP contribution < -0.4 is 20.1 Å². The molecule has 0 fully saturated rings. The molecule has 0 aliphatic carbocycles. The molecule has 0 aliphatic rings. The van der Waals surface area contributed by atoms with E-state index in [1.165, 1.54) is 36.6 Å². The second kappa shape index (κ2) is 9.58. The minimum absolute atomic E-state index is 0.0759. The second-order valence-electron chi connectivity index (χ2n) is 6.22. The Morgan fingerprint density at radius 3 is 2.48 bits per heavy atom. The van der Waals surface area contributed by atoms with Crippen LogP contribution in [0.15, 0.2) is 64.2 Å². The van der Waals surface area contributed by atoms with Crippen LogP contribution in [0.5, 0.6) is 5.75 Å². The smallest absolute Gasteiger partial charge is 0.262 e. The number of anilines is 2. The van der Waals surface area contributed by atoms with Crippen LogP contribution in [0.2, 0.25) is 0 Å². The van der Waals surface area contributed by atoms with Crippen LogP contribution in [0.1, 0.15) is 10.4 Å². The number of ether oxygens (including phenoxy) is 1. The molecule has 2 aromatic carbocycles. The van der Waals surface area contributed by atoms with Gasteiger partial charge in [-0.1, -0.05) is 0 Å². The van der Waals surface area contributed by atoms with E-state index in [1.54, 1.807) is 16.8 Å². The van der Waals surface area contributed by atoms with Crippen molar-refractivity contribution in [2.75, 3.05) is 23.7 Å². The number of hydrogen-bond acceptors (Lipinski definition) is 6. The van der Waals surface area contributed by atoms with E-state index in [2.05, 4.69) is 15.4 Å². The van der Waals surface area contributed by atoms with Crippen LogP contribution in [0.3, 0.4) is 0 Å². The predicted molar refractivity (Wildman–Crippen MR) is 115 cm³/mol. The third-order valence-electron chi connectivity index (χ3n) is 4.04. The molecule has 0 atom stereocenters. The number of carbonyl (C=O) groups is 2. The van der Waals surface area contributed by atoms with Gasteiger partial charge >= 0.3 is 0 Å². The van der Waals surface area contributed by atoms with Crippen molar-refractivity contribution >= 4 is 44.5 Å². The van der Waals surface area contributed by atoms with E-state index >= 15 is 0 Å². The molecule has 31 heavy (non-hydrogen) atoms. The van der Waals surface area contributed by atoms with Crippen LogP contribution >= 0.6 is 11.3 Å². The fraction of sp³-hybridized carbons (Fsp3) is 0.100. The Bertz CT molecular complexity index is 1180. The fourth-order valence-corrected chi connectivity index (χ4v) is 4.24. The monoisotopic (exact) mass is 463 g/mol. The van der Waals surface area contributed by atoms with Crippen molar-refractivity contribution in [3.05, 3.63) is 70.7 Å². The van der Waals surface area contributed by atoms with E-state index in [4.69, 9.17) is 4.74 Å². The molecule has 0 saturated heterocycles. The Hall–Kier alpha value is -3.44. The highest BCUT2D eigenvalue weighted by Gasteiger charge is 2.18. The zero-order valence-corrected chi connectivity index (χ0v) is 17.8. The first-order chi connectivity index (χ1) is 14.8. The first-order valence-electron chi connectivity index (χ1n) is 8.85. The average Bonchev–Trinajstić information content (AvgIpc) is 3.27. The summed E-state index contributed by atoms with van der Waals surface area (Å²) in [6.45, 7) is -0.267. The number of sulfonamides is 1. The molecule has 1 heterocycles. The molecule has 0 unspecified atom stereocenters. The van der Waals surface area contributed by atoms with E-state index in [1.807, 2.05) is 0 Å². The molecule has 0 radical (unpaired) electrons. The SMILES string of the molecule is COc1ccc(NC(=O)CNC(=O)c2ccsc2)cc1NS(=O)(=O)c1ccc(F)cc1. The highest BCUT2D eigenvalue weighted by Crippen LogP contribution is 2.30. The molecular formula is C20H18FN3O5S2. The van der Waals surface area contributed by atoms with Crippen molar-refractivity contribution in [1.29, 1.82) is 0 Å². The Labute approximate surface area is 182 Å². The molecule has 0 spiro atoms. The summed E-state index contributed by atoms with van der Waals surface area (Å²) in [4.78, 5) is 23.9. The molecule has 0 aliphatic heterocycles. The molecule has 0 saturated carbocycles. The zero-order valence-electron chi connectivity index (χ0n) is 16.2. The first-order valence-corrected chi connectivity index (χ1v) is 11.3. The molecular weight excluding hydrogens is 445 g/mol. The van der Waals surface area contributed by atoms with Gasteiger partial charge < -0.3 is 15.4 Å². The summed E-state index contributed by atoms with van der Waals surface area (Å²) in [6, 6.07) is 10.3. The van der Waals surface area contributed by atoms with Gasteiger partial charge in [0.15, 0.2) is 0 Å². The molecule has 3 aromatic rings.